The van der Waals surface area contributed by atoms with E-state index in [9.17, 15) is 19.2 Å². The Bertz CT molecular complexity index is 698. The van der Waals surface area contributed by atoms with Crippen LogP contribution < -0.4 is 16.0 Å². The second kappa shape index (κ2) is 22.3. The summed E-state index contributed by atoms with van der Waals surface area (Å²) in [5, 5.41) is 16.3. The molecule has 0 aromatic rings. The topological polar surface area (TPSA) is 189 Å². The lowest BCUT2D eigenvalue weighted by Gasteiger charge is -2.23. The molecule has 4 N–H and O–H groups in total. The number of carbonyl (C=O) groups excluding carboxylic acids is 3. The van der Waals surface area contributed by atoms with E-state index in [-0.39, 0.29) is 57.6 Å². The number of carbonyl (C=O) groups is 4. The highest BCUT2D eigenvalue weighted by molar-refractivity contribution is 5.82. The zero-order valence-electron chi connectivity index (χ0n) is 23.6. The van der Waals surface area contributed by atoms with Crippen molar-refractivity contribution in [2.45, 2.75) is 51.5 Å². The van der Waals surface area contributed by atoms with E-state index in [2.05, 4.69) is 16.0 Å². The lowest BCUT2D eigenvalue weighted by atomic mass is 10.1. The normalized spacial score (nSPS) is 12.2. The maximum atomic E-state index is 12.1. The molecule has 1 atom stereocenters. The van der Waals surface area contributed by atoms with E-state index in [4.69, 9.17) is 38.3 Å². The highest BCUT2D eigenvalue weighted by Gasteiger charge is 2.27. The number of nitrogens with one attached hydrogen (secondary N) is 3. The van der Waals surface area contributed by atoms with E-state index in [1.807, 2.05) is 0 Å². The second-order valence-corrected chi connectivity index (χ2v) is 9.03. The zero-order chi connectivity index (χ0) is 29.5. The van der Waals surface area contributed by atoms with Gasteiger partial charge in [-0.15, -0.1) is 0 Å². The molecule has 0 saturated carbocycles. The molecule has 0 aliphatic heterocycles. The van der Waals surface area contributed by atoms with Crippen LogP contribution in [-0.2, 0) is 47.5 Å². The van der Waals surface area contributed by atoms with Crippen molar-refractivity contribution >= 4 is 23.9 Å². The third-order valence-electron chi connectivity index (χ3n) is 4.54. The molecule has 0 aromatic heterocycles. The molecule has 0 aliphatic rings. The van der Waals surface area contributed by atoms with Gasteiger partial charge in [0.05, 0.1) is 46.2 Å². The first-order chi connectivity index (χ1) is 18.5. The molecule has 228 valence electrons. The van der Waals surface area contributed by atoms with Crippen molar-refractivity contribution < 1.29 is 57.4 Å². The Morgan fingerprint density at radius 1 is 0.769 bits per heavy atom. The summed E-state index contributed by atoms with van der Waals surface area (Å²) in [4.78, 5) is 46.7. The van der Waals surface area contributed by atoms with Crippen molar-refractivity contribution in [3.63, 3.8) is 0 Å². The van der Waals surface area contributed by atoms with Crippen molar-refractivity contribution in [2.24, 2.45) is 0 Å². The average molecular weight is 568 g/mol. The predicted octanol–water partition coefficient (Wildman–Crippen LogP) is -0.338. The van der Waals surface area contributed by atoms with E-state index in [0.717, 1.165) is 0 Å². The first-order valence-electron chi connectivity index (χ1n) is 12.6. The van der Waals surface area contributed by atoms with Crippen LogP contribution in [0, 0.1) is 0 Å². The number of ether oxygens (including phenoxy) is 7. The molecule has 0 aromatic carbocycles. The Morgan fingerprint density at radius 3 is 1.85 bits per heavy atom. The molecular formula is C24H45N3O12. The van der Waals surface area contributed by atoms with Gasteiger partial charge in [0, 0.05) is 33.7 Å². The van der Waals surface area contributed by atoms with Gasteiger partial charge in [-0.1, -0.05) is 0 Å². The van der Waals surface area contributed by atoms with Gasteiger partial charge in [0.25, 0.3) is 0 Å². The van der Waals surface area contributed by atoms with E-state index in [1.165, 1.54) is 14.2 Å². The molecule has 0 aliphatic carbocycles. The maximum absolute atomic E-state index is 12.1. The van der Waals surface area contributed by atoms with Gasteiger partial charge in [0.1, 0.15) is 18.2 Å². The Labute approximate surface area is 229 Å². The summed E-state index contributed by atoms with van der Waals surface area (Å²) in [6.07, 6.45) is -1.92. The van der Waals surface area contributed by atoms with Crippen LogP contribution in [0.15, 0.2) is 0 Å². The smallest absolute Gasteiger partial charge is 0.405 e. The van der Waals surface area contributed by atoms with Crippen molar-refractivity contribution in [1.82, 2.24) is 16.0 Å². The lowest BCUT2D eigenvalue weighted by Crippen LogP contribution is -2.44. The minimum absolute atomic E-state index is 0.0471. The average Bonchev–Trinajstić information content (AvgIpc) is 2.85. The number of hydrogen-bond acceptors (Lipinski definition) is 11. The first kappa shape index (κ1) is 36.4. The van der Waals surface area contributed by atoms with Gasteiger partial charge in [-0.05, 0) is 27.2 Å². The van der Waals surface area contributed by atoms with Crippen LogP contribution in [-0.4, -0.2) is 127 Å². The molecule has 0 radical (unpaired) electrons. The summed E-state index contributed by atoms with van der Waals surface area (Å²) >= 11 is 0. The maximum Gasteiger partial charge on any atom is 0.405 e. The van der Waals surface area contributed by atoms with E-state index < -0.39 is 30.0 Å². The molecule has 1 unspecified atom stereocenters. The number of carboxylic acid groups (broad SMARTS) is 1. The minimum atomic E-state index is -1.38. The molecular weight excluding hydrogens is 522 g/mol. The molecule has 0 saturated heterocycles. The summed E-state index contributed by atoms with van der Waals surface area (Å²) in [7, 11) is 3.05. The quantitative estimate of drug-likeness (QED) is 0.0715. The van der Waals surface area contributed by atoms with Crippen LogP contribution in [0.5, 0.6) is 0 Å². The summed E-state index contributed by atoms with van der Waals surface area (Å²) in [6, 6.07) is -1.15. The third kappa shape index (κ3) is 23.1. The highest BCUT2D eigenvalue weighted by atomic mass is 16.7. The van der Waals surface area contributed by atoms with E-state index in [1.54, 1.807) is 20.8 Å². The number of esters is 1. The minimum Gasteiger partial charge on any atom is -0.465 e. The molecule has 15 heteroatoms. The van der Waals surface area contributed by atoms with Gasteiger partial charge in [-0.3, -0.25) is 9.59 Å². The second-order valence-electron chi connectivity index (χ2n) is 9.03. The summed E-state index contributed by atoms with van der Waals surface area (Å²) < 4.78 is 36.4. The summed E-state index contributed by atoms with van der Waals surface area (Å²) in [5.74, 6) is -1.40. The number of rotatable bonds is 23. The van der Waals surface area contributed by atoms with Gasteiger partial charge in [-0.2, -0.15) is 0 Å². The molecule has 15 nitrogen and oxygen atoms in total. The Morgan fingerprint density at radius 2 is 1.31 bits per heavy atom. The van der Waals surface area contributed by atoms with E-state index >= 15 is 0 Å². The van der Waals surface area contributed by atoms with Gasteiger partial charge >= 0.3 is 12.1 Å². The van der Waals surface area contributed by atoms with Crippen LogP contribution in [0.2, 0.25) is 0 Å². The first-order valence-corrected chi connectivity index (χ1v) is 12.6. The van der Waals surface area contributed by atoms with Crippen LogP contribution >= 0.6 is 0 Å². The number of methoxy groups -OCH3 is 2. The summed E-state index contributed by atoms with van der Waals surface area (Å²) in [5.41, 5.74) is -0.784. The van der Waals surface area contributed by atoms with E-state index in [0.29, 0.717) is 33.0 Å². The molecule has 0 rings (SSSR count). The number of amides is 3. The Kier molecular flexibility index (Phi) is 20.8. The van der Waals surface area contributed by atoms with Crippen molar-refractivity contribution in [2.75, 3.05) is 80.2 Å². The van der Waals surface area contributed by atoms with Crippen LogP contribution in [0.3, 0.4) is 0 Å². The van der Waals surface area contributed by atoms with Crippen LogP contribution in [0.1, 0.15) is 33.6 Å². The molecule has 0 heterocycles. The van der Waals surface area contributed by atoms with Crippen LogP contribution in [0.25, 0.3) is 0 Å². The van der Waals surface area contributed by atoms with Crippen molar-refractivity contribution in [3.8, 4) is 0 Å². The third-order valence-corrected chi connectivity index (χ3v) is 4.54. The predicted molar refractivity (Wildman–Crippen MR) is 137 cm³/mol. The highest BCUT2D eigenvalue weighted by Crippen LogP contribution is 2.11. The molecule has 3 amide bonds. The van der Waals surface area contributed by atoms with Crippen molar-refractivity contribution in [1.29, 1.82) is 0 Å². The van der Waals surface area contributed by atoms with Crippen LogP contribution in [0.4, 0.5) is 4.79 Å². The molecule has 0 fully saturated rings. The Balaban J connectivity index is 3.73. The molecule has 0 spiro atoms. The zero-order valence-corrected chi connectivity index (χ0v) is 23.6. The SMILES string of the molecule is COC(COCCOCCNC(=O)COCCOCCNC(=O)CCC(NC(=O)O)C(=O)OC(C)(C)C)OC. The lowest BCUT2D eigenvalue weighted by molar-refractivity contribution is -0.157. The summed E-state index contributed by atoms with van der Waals surface area (Å²) in [6.45, 7) is 7.43. The molecule has 39 heavy (non-hydrogen) atoms. The largest absolute Gasteiger partial charge is 0.465 e. The Hall–Kier alpha value is -2.56. The standard InChI is InChI=1S/C24H45N3O12/c1-24(2,3)39-22(30)18(27-23(31)32)6-7-19(28)25-8-10-35-12-14-37-16-20(29)26-9-11-36-13-15-38-17-21(33-4)34-5/h18,21,27H,6-17H2,1-5H3,(H,25,28)(H,26,29)(H,31,32). The molecule has 0 bridgehead atoms. The van der Waals surface area contributed by atoms with Gasteiger partial charge < -0.3 is 54.2 Å². The fraction of sp³-hybridized carbons (Fsp3) is 0.833. The van der Waals surface area contributed by atoms with Crippen molar-refractivity contribution in [3.05, 3.63) is 0 Å². The van der Waals surface area contributed by atoms with Gasteiger partial charge in [0.15, 0.2) is 6.29 Å². The fourth-order valence-corrected chi connectivity index (χ4v) is 2.73. The monoisotopic (exact) mass is 567 g/mol. The van der Waals surface area contributed by atoms with Gasteiger partial charge in [0.2, 0.25) is 11.8 Å². The number of hydrogen-bond donors (Lipinski definition) is 4. The fourth-order valence-electron chi connectivity index (χ4n) is 2.73. The van der Waals surface area contributed by atoms with Gasteiger partial charge in [-0.25, -0.2) is 9.59 Å².